The zero-order valence-corrected chi connectivity index (χ0v) is 23.7. The van der Waals surface area contributed by atoms with Crippen LogP contribution in [0.25, 0.3) is 0 Å². The number of benzene rings is 3. The molecular weight excluding hydrogens is 598 g/mol. The van der Waals surface area contributed by atoms with Gasteiger partial charge >= 0.3 is 5.97 Å². The zero-order chi connectivity index (χ0) is 29.4. The van der Waals surface area contributed by atoms with Crippen molar-refractivity contribution >= 4 is 45.6 Å². The SMILES string of the molecule is COc1cc(C(=O)Nc2cccc(C(=O)NN=Cc3cc(Br)ccc3OC(=O)c3ccco3)c2)cc(OC)c1OC. The van der Waals surface area contributed by atoms with Gasteiger partial charge in [0, 0.05) is 26.9 Å². The molecule has 11 nitrogen and oxygen atoms in total. The van der Waals surface area contributed by atoms with Gasteiger partial charge < -0.3 is 28.7 Å². The van der Waals surface area contributed by atoms with Gasteiger partial charge in [0.05, 0.1) is 33.8 Å². The predicted molar refractivity (Wildman–Crippen MR) is 153 cm³/mol. The van der Waals surface area contributed by atoms with Gasteiger partial charge in [-0.15, -0.1) is 0 Å². The Labute approximate surface area is 243 Å². The smallest absolute Gasteiger partial charge is 0.379 e. The number of halogens is 1. The number of methoxy groups -OCH3 is 3. The Hall–Kier alpha value is -5.10. The van der Waals surface area contributed by atoms with Crippen LogP contribution in [0.1, 0.15) is 36.8 Å². The fraction of sp³-hybridized carbons (Fsp3) is 0.103. The molecular formula is C29H24BrN3O8. The molecule has 0 radical (unpaired) electrons. The lowest BCUT2D eigenvalue weighted by Gasteiger charge is -2.14. The third-order valence-electron chi connectivity index (χ3n) is 5.58. The molecule has 0 unspecified atom stereocenters. The van der Waals surface area contributed by atoms with Crippen LogP contribution in [0.15, 0.2) is 87.0 Å². The summed E-state index contributed by atoms with van der Waals surface area (Å²) < 4.78 is 27.1. The lowest BCUT2D eigenvalue weighted by Crippen LogP contribution is -2.18. The number of hydrogen-bond donors (Lipinski definition) is 2. The van der Waals surface area contributed by atoms with Crippen molar-refractivity contribution < 1.29 is 37.7 Å². The van der Waals surface area contributed by atoms with Crippen molar-refractivity contribution in [3.8, 4) is 23.0 Å². The highest BCUT2D eigenvalue weighted by Crippen LogP contribution is 2.38. The van der Waals surface area contributed by atoms with Crippen LogP contribution in [0.3, 0.4) is 0 Å². The Morgan fingerprint density at radius 3 is 2.24 bits per heavy atom. The summed E-state index contributed by atoms with van der Waals surface area (Å²) in [7, 11) is 4.37. The molecule has 0 aliphatic rings. The van der Waals surface area contributed by atoms with E-state index in [-0.39, 0.29) is 22.6 Å². The number of furan rings is 1. The van der Waals surface area contributed by atoms with E-state index in [9.17, 15) is 14.4 Å². The van der Waals surface area contributed by atoms with Crippen LogP contribution in [0.2, 0.25) is 0 Å². The lowest BCUT2D eigenvalue weighted by atomic mass is 10.1. The summed E-state index contributed by atoms with van der Waals surface area (Å²) in [5.41, 5.74) is 3.72. The van der Waals surface area contributed by atoms with E-state index in [1.165, 1.54) is 58.1 Å². The molecule has 0 bridgehead atoms. The van der Waals surface area contributed by atoms with Gasteiger partial charge in [0.1, 0.15) is 5.75 Å². The molecule has 4 rings (SSSR count). The number of nitrogens with one attached hydrogen (secondary N) is 2. The van der Waals surface area contributed by atoms with Crippen molar-refractivity contribution in [1.82, 2.24) is 5.43 Å². The molecule has 0 saturated heterocycles. The average molecular weight is 622 g/mol. The summed E-state index contributed by atoms with van der Waals surface area (Å²) >= 11 is 3.36. The molecule has 1 heterocycles. The standard InChI is InChI=1S/C29H24BrN3O8/c1-37-24-14-18(15-25(38-2)26(24)39-3)27(34)32-21-7-4-6-17(13-21)28(35)33-31-16-19-12-20(30)9-10-22(19)41-29(36)23-8-5-11-40-23/h4-16H,1-3H3,(H,32,34)(H,33,35). The van der Waals surface area contributed by atoms with Gasteiger partial charge in [0.25, 0.3) is 11.8 Å². The minimum Gasteiger partial charge on any atom is -0.493 e. The molecule has 1 aromatic heterocycles. The number of ether oxygens (including phenoxy) is 4. The highest BCUT2D eigenvalue weighted by molar-refractivity contribution is 9.10. The number of amides is 2. The molecule has 41 heavy (non-hydrogen) atoms. The molecule has 0 atom stereocenters. The lowest BCUT2D eigenvalue weighted by molar-refractivity contribution is 0.0700. The van der Waals surface area contributed by atoms with Gasteiger partial charge in [-0.2, -0.15) is 5.10 Å². The van der Waals surface area contributed by atoms with E-state index in [2.05, 4.69) is 31.8 Å². The summed E-state index contributed by atoms with van der Waals surface area (Å²) in [6.07, 6.45) is 2.70. The van der Waals surface area contributed by atoms with Gasteiger partial charge in [0.2, 0.25) is 11.5 Å². The number of hydrogen-bond acceptors (Lipinski definition) is 9. The fourth-order valence-corrected chi connectivity index (χ4v) is 4.02. The maximum Gasteiger partial charge on any atom is 0.379 e. The monoisotopic (exact) mass is 621 g/mol. The highest BCUT2D eigenvalue weighted by atomic mass is 79.9. The van der Waals surface area contributed by atoms with Crippen molar-refractivity contribution in [3.63, 3.8) is 0 Å². The number of rotatable bonds is 10. The van der Waals surface area contributed by atoms with Crippen LogP contribution in [0, 0.1) is 0 Å². The Morgan fingerprint density at radius 2 is 1.59 bits per heavy atom. The topological polar surface area (TPSA) is 138 Å². The van der Waals surface area contributed by atoms with Crippen LogP contribution < -0.4 is 29.7 Å². The van der Waals surface area contributed by atoms with E-state index in [4.69, 9.17) is 23.4 Å². The Balaban J connectivity index is 1.45. The minimum atomic E-state index is -0.679. The summed E-state index contributed by atoms with van der Waals surface area (Å²) in [6.45, 7) is 0. The quantitative estimate of drug-likeness (QED) is 0.105. The summed E-state index contributed by atoms with van der Waals surface area (Å²) in [4.78, 5) is 38.0. The number of nitrogens with zero attached hydrogens (tertiary/aromatic N) is 1. The zero-order valence-electron chi connectivity index (χ0n) is 22.1. The van der Waals surface area contributed by atoms with Crippen LogP contribution in [0.5, 0.6) is 23.0 Å². The fourth-order valence-electron chi connectivity index (χ4n) is 3.64. The van der Waals surface area contributed by atoms with Gasteiger partial charge in [0.15, 0.2) is 11.5 Å². The summed E-state index contributed by atoms with van der Waals surface area (Å²) in [5.74, 6) is -0.400. The van der Waals surface area contributed by atoms with Crippen molar-refractivity contribution in [2.75, 3.05) is 26.6 Å². The average Bonchev–Trinajstić information content (AvgIpc) is 3.53. The van der Waals surface area contributed by atoms with E-state index in [0.717, 1.165) is 0 Å². The maximum atomic E-state index is 12.9. The van der Waals surface area contributed by atoms with E-state index in [1.54, 1.807) is 42.5 Å². The molecule has 0 aliphatic heterocycles. The molecule has 2 N–H and O–H groups in total. The normalized spacial score (nSPS) is 10.6. The second-order valence-corrected chi connectivity index (χ2v) is 9.11. The number of hydrazone groups is 1. The molecule has 12 heteroatoms. The second kappa shape index (κ2) is 13.3. The summed E-state index contributed by atoms with van der Waals surface area (Å²) in [5, 5.41) is 6.74. The Bertz CT molecular complexity index is 1580. The molecule has 0 saturated carbocycles. The third-order valence-corrected chi connectivity index (χ3v) is 6.07. The number of carbonyl (C=O) groups excluding carboxylic acids is 3. The van der Waals surface area contributed by atoms with Gasteiger partial charge in [-0.25, -0.2) is 10.2 Å². The molecule has 2 amide bonds. The molecule has 0 fully saturated rings. The van der Waals surface area contributed by atoms with Crippen molar-refractivity contribution in [3.05, 3.63) is 99.9 Å². The van der Waals surface area contributed by atoms with E-state index in [1.807, 2.05) is 0 Å². The first-order valence-corrected chi connectivity index (χ1v) is 12.7. The third kappa shape index (κ3) is 7.11. The molecule has 4 aromatic rings. The van der Waals surface area contributed by atoms with Crippen molar-refractivity contribution in [2.24, 2.45) is 5.10 Å². The molecule has 0 aliphatic carbocycles. The van der Waals surface area contributed by atoms with Crippen LogP contribution in [0.4, 0.5) is 5.69 Å². The van der Waals surface area contributed by atoms with Crippen LogP contribution >= 0.6 is 15.9 Å². The Morgan fingerprint density at radius 1 is 0.829 bits per heavy atom. The number of anilines is 1. The highest BCUT2D eigenvalue weighted by Gasteiger charge is 2.18. The molecule has 210 valence electrons. The second-order valence-electron chi connectivity index (χ2n) is 8.20. The van der Waals surface area contributed by atoms with Crippen LogP contribution in [-0.2, 0) is 0 Å². The molecule has 0 spiro atoms. The van der Waals surface area contributed by atoms with E-state index >= 15 is 0 Å². The van der Waals surface area contributed by atoms with E-state index < -0.39 is 17.8 Å². The van der Waals surface area contributed by atoms with Crippen molar-refractivity contribution in [2.45, 2.75) is 0 Å². The number of esters is 1. The largest absolute Gasteiger partial charge is 0.493 e. The van der Waals surface area contributed by atoms with Crippen LogP contribution in [-0.4, -0.2) is 45.3 Å². The van der Waals surface area contributed by atoms with Gasteiger partial charge in [-0.3, -0.25) is 9.59 Å². The van der Waals surface area contributed by atoms with Gasteiger partial charge in [-0.1, -0.05) is 22.0 Å². The molecule has 3 aromatic carbocycles. The van der Waals surface area contributed by atoms with Gasteiger partial charge in [-0.05, 0) is 60.7 Å². The van der Waals surface area contributed by atoms with Crippen molar-refractivity contribution in [1.29, 1.82) is 0 Å². The predicted octanol–water partition coefficient (Wildman–Crippen LogP) is 5.30. The maximum absolute atomic E-state index is 12.9. The first-order valence-electron chi connectivity index (χ1n) is 11.9. The summed E-state index contributed by atoms with van der Waals surface area (Å²) in [6, 6.07) is 17.3. The minimum absolute atomic E-state index is 0.0429. The Kier molecular flexibility index (Phi) is 9.38. The first-order chi connectivity index (χ1) is 19.8. The number of carbonyl (C=O) groups is 3. The van der Waals surface area contributed by atoms with E-state index in [0.29, 0.717) is 33.0 Å². The first kappa shape index (κ1) is 28.9.